The summed E-state index contributed by atoms with van der Waals surface area (Å²) in [6, 6.07) is 0. The highest BCUT2D eigenvalue weighted by Gasteiger charge is 2.14. The lowest BCUT2D eigenvalue weighted by Crippen LogP contribution is -2.21. The highest BCUT2D eigenvalue weighted by molar-refractivity contribution is 5.09. The molecule has 0 radical (unpaired) electrons. The Morgan fingerprint density at radius 1 is 1.33 bits per heavy atom. The normalized spacial score (nSPS) is 12.5. The van der Waals surface area contributed by atoms with Crippen LogP contribution in [0.3, 0.4) is 0 Å². The predicted octanol–water partition coefficient (Wildman–Crippen LogP) is 2.76. The molecule has 0 aliphatic rings. The monoisotopic (exact) mass is 166 g/mol. The first-order chi connectivity index (χ1) is 5.41. The van der Waals surface area contributed by atoms with Crippen LogP contribution < -0.4 is 0 Å². The van der Waals surface area contributed by atoms with Gasteiger partial charge in [0.25, 0.3) is 0 Å². The third-order valence-corrected chi connectivity index (χ3v) is 1.96. The fourth-order valence-corrected chi connectivity index (χ4v) is 1.00. The van der Waals surface area contributed by atoms with Crippen LogP contribution in [0.1, 0.15) is 46.1 Å². The van der Waals surface area contributed by atoms with Crippen molar-refractivity contribution in [1.29, 1.82) is 0 Å². The lowest BCUT2D eigenvalue weighted by molar-refractivity contribution is 0.355. The predicted molar refractivity (Wildman–Crippen MR) is 51.3 cm³/mol. The van der Waals surface area contributed by atoms with E-state index in [0.29, 0.717) is 5.92 Å². The van der Waals surface area contributed by atoms with Crippen molar-refractivity contribution in [2.24, 2.45) is 0 Å². The van der Waals surface area contributed by atoms with Gasteiger partial charge < -0.3 is 0 Å². The fraction of sp³-hybridized carbons (Fsp3) is 0.700. The second kappa shape index (κ2) is 2.92. The summed E-state index contributed by atoms with van der Waals surface area (Å²) in [6.07, 6.45) is 4.08. The minimum atomic E-state index is 0.104. The molecule has 0 aromatic carbocycles. The average molecular weight is 166 g/mol. The van der Waals surface area contributed by atoms with Gasteiger partial charge in [-0.05, 0) is 32.3 Å². The van der Waals surface area contributed by atoms with Crippen molar-refractivity contribution in [3.63, 3.8) is 0 Å². The SMILES string of the molecule is CC(C)c1cnn(C(C)(C)C)c1. The van der Waals surface area contributed by atoms with Crippen LogP contribution >= 0.6 is 0 Å². The zero-order valence-corrected chi connectivity index (χ0v) is 8.63. The smallest absolute Gasteiger partial charge is 0.0543 e. The van der Waals surface area contributed by atoms with Crippen LogP contribution in [0.5, 0.6) is 0 Å². The van der Waals surface area contributed by atoms with E-state index in [2.05, 4.69) is 45.9 Å². The van der Waals surface area contributed by atoms with Gasteiger partial charge in [0.05, 0.1) is 11.7 Å². The van der Waals surface area contributed by atoms with Crippen molar-refractivity contribution in [3.8, 4) is 0 Å². The van der Waals surface area contributed by atoms with E-state index in [1.54, 1.807) is 0 Å². The van der Waals surface area contributed by atoms with Gasteiger partial charge in [-0.3, -0.25) is 4.68 Å². The van der Waals surface area contributed by atoms with Gasteiger partial charge in [0, 0.05) is 6.20 Å². The maximum atomic E-state index is 4.33. The standard InChI is InChI=1S/C10H18N2/c1-8(2)9-6-11-12(7-9)10(3,4)5/h6-8H,1-5H3. The van der Waals surface area contributed by atoms with E-state index in [4.69, 9.17) is 0 Å². The minimum absolute atomic E-state index is 0.104. The van der Waals surface area contributed by atoms with Crippen molar-refractivity contribution in [1.82, 2.24) is 9.78 Å². The van der Waals surface area contributed by atoms with Gasteiger partial charge in [0.1, 0.15) is 0 Å². The Morgan fingerprint density at radius 3 is 2.17 bits per heavy atom. The highest BCUT2D eigenvalue weighted by Crippen LogP contribution is 2.17. The Kier molecular flexibility index (Phi) is 2.27. The number of rotatable bonds is 1. The Bertz CT molecular complexity index is 253. The molecule has 0 fully saturated rings. The molecule has 0 bridgehead atoms. The Labute approximate surface area is 74.6 Å². The van der Waals surface area contributed by atoms with Crippen molar-refractivity contribution in [2.45, 2.75) is 46.1 Å². The highest BCUT2D eigenvalue weighted by atomic mass is 15.3. The van der Waals surface area contributed by atoms with Gasteiger partial charge in [0.15, 0.2) is 0 Å². The number of aromatic nitrogens is 2. The van der Waals surface area contributed by atoms with Crippen molar-refractivity contribution < 1.29 is 0 Å². The molecule has 68 valence electrons. The summed E-state index contributed by atoms with van der Waals surface area (Å²) < 4.78 is 2.02. The van der Waals surface area contributed by atoms with E-state index in [1.165, 1.54) is 5.56 Å². The molecule has 2 nitrogen and oxygen atoms in total. The summed E-state index contributed by atoms with van der Waals surface area (Å²) in [4.78, 5) is 0. The van der Waals surface area contributed by atoms with Gasteiger partial charge in [-0.2, -0.15) is 5.10 Å². The number of hydrogen-bond acceptors (Lipinski definition) is 1. The topological polar surface area (TPSA) is 17.8 Å². The van der Waals surface area contributed by atoms with Crippen molar-refractivity contribution in [3.05, 3.63) is 18.0 Å². The number of nitrogens with zero attached hydrogens (tertiary/aromatic N) is 2. The summed E-state index contributed by atoms with van der Waals surface area (Å²) >= 11 is 0. The first-order valence-electron chi connectivity index (χ1n) is 4.46. The number of hydrogen-bond donors (Lipinski definition) is 0. The van der Waals surface area contributed by atoms with Crippen LogP contribution in [0.4, 0.5) is 0 Å². The molecule has 1 aromatic heterocycles. The van der Waals surface area contributed by atoms with Crippen molar-refractivity contribution in [2.75, 3.05) is 0 Å². The zero-order valence-electron chi connectivity index (χ0n) is 8.63. The minimum Gasteiger partial charge on any atom is -0.267 e. The lowest BCUT2D eigenvalue weighted by Gasteiger charge is -2.18. The fourth-order valence-electron chi connectivity index (χ4n) is 1.00. The van der Waals surface area contributed by atoms with E-state index < -0.39 is 0 Å². The van der Waals surface area contributed by atoms with E-state index in [-0.39, 0.29) is 5.54 Å². The molecule has 0 saturated heterocycles. The molecule has 0 atom stereocenters. The summed E-state index contributed by atoms with van der Waals surface area (Å²) in [5.74, 6) is 0.570. The van der Waals surface area contributed by atoms with Gasteiger partial charge >= 0.3 is 0 Å². The van der Waals surface area contributed by atoms with E-state index in [0.717, 1.165) is 0 Å². The zero-order chi connectivity index (χ0) is 9.35. The molecule has 2 heteroatoms. The van der Waals surface area contributed by atoms with Gasteiger partial charge in [0.2, 0.25) is 0 Å². The molecule has 0 spiro atoms. The Hall–Kier alpha value is -0.790. The maximum absolute atomic E-state index is 4.33. The second-order valence-electron chi connectivity index (χ2n) is 4.54. The first-order valence-corrected chi connectivity index (χ1v) is 4.46. The Morgan fingerprint density at radius 2 is 1.92 bits per heavy atom. The molecule has 0 aliphatic heterocycles. The van der Waals surface area contributed by atoms with Crippen LogP contribution in [-0.4, -0.2) is 9.78 Å². The molecule has 0 aliphatic carbocycles. The quantitative estimate of drug-likeness (QED) is 0.627. The van der Waals surface area contributed by atoms with Crippen LogP contribution in [0.15, 0.2) is 12.4 Å². The van der Waals surface area contributed by atoms with Crippen LogP contribution in [-0.2, 0) is 5.54 Å². The first kappa shape index (κ1) is 9.30. The molecule has 0 amide bonds. The van der Waals surface area contributed by atoms with E-state index >= 15 is 0 Å². The summed E-state index contributed by atoms with van der Waals surface area (Å²) in [6.45, 7) is 10.8. The van der Waals surface area contributed by atoms with E-state index in [1.807, 2.05) is 10.9 Å². The largest absolute Gasteiger partial charge is 0.267 e. The molecular formula is C10H18N2. The molecule has 12 heavy (non-hydrogen) atoms. The molecule has 1 aromatic rings. The summed E-state index contributed by atoms with van der Waals surface area (Å²) in [7, 11) is 0. The molecule has 0 saturated carbocycles. The van der Waals surface area contributed by atoms with Gasteiger partial charge in [-0.15, -0.1) is 0 Å². The Balaban J connectivity index is 2.92. The third-order valence-electron chi connectivity index (χ3n) is 1.96. The average Bonchev–Trinajstić information content (AvgIpc) is 2.30. The maximum Gasteiger partial charge on any atom is 0.0543 e. The molecule has 0 unspecified atom stereocenters. The molecule has 1 heterocycles. The van der Waals surface area contributed by atoms with Crippen LogP contribution in [0.25, 0.3) is 0 Å². The van der Waals surface area contributed by atoms with Crippen molar-refractivity contribution >= 4 is 0 Å². The van der Waals surface area contributed by atoms with Gasteiger partial charge in [-0.25, -0.2) is 0 Å². The van der Waals surface area contributed by atoms with Crippen LogP contribution in [0.2, 0.25) is 0 Å². The molecular weight excluding hydrogens is 148 g/mol. The lowest BCUT2D eigenvalue weighted by atomic mass is 10.1. The summed E-state index contributed by atoms with van der Waals surface area (Å²) in [5, 5.41) is 4.33. The molecule has 1 rings (SSSR count). The van der Waals surface area contributed by atoms with E-state index in [9.17, 15) is 0 Å². The van der Waals surface area contributed by atoms with Crippen LogP contribution in [0, 0.1) is 0 Å². The molecule has 0 N–H and O–H groups in total. The summed E-state index contributed by atoms with van der Waals surface area (Å²) in [5.41, 5.74) is 1.41. The third kappa shape index (κ3) is 1.87. The second-order valence-corrected chi connectivity index (χ2v) is 4.54. The van der Waals surface area contributed by atoms with Gasteiger partial charge in [-0.1, -0.05) is 13.8 Å².